The molecule has 24 heavy (non-hydrogen) atoms. The topological polar surface area (TPSA) is 56.0 Å². The Kier molecular flexibility index (Phi) is 3.97. The molecule has 1 saturated carbocycles. The Morgan fingerprint density at radius 1 is 0.583 bits per heavy atom. The molecule has 0 N–H and O–H groups in total. The van der Waals surface area contributed by atoms with E-state index in [-0.39, 0.29) is 0 Å². The van der Waals surface area contributed by atoms with Crippen LogP contribution in [0.15, 0.2) is 0 Å². The van der Waals surface area contributed by atoms with Gasteiger partial charge in [0.25, 0.3) is 0 Å². The van der Waals surface area contributed by atoms with Crippen LogP contribution in [0.1, 0.15) is 56.9 Å². The molecule has 0 radical (unpaired) electrons. The molecule has 2 heterocycles. The van der Waals surface area contributed by atoms with E-state index < -0.39 is 24.0 Å². The Labute approximate surface area is 144 Å². The highest BCUT2D eigenvalue weighted by Gasteiger charge is 2.42. The van der Waals surface area contributed by atoms with E-state index in [0.717, 1.165) is 45.0 Å². The third-order valence-electron chi connectivity index (χ3n) is 6.77. The van der Waals surface area contributed by atoms with Gasteiger partial charge in [-0.1, -0.05) is 0 Å². The molecule has 0 amide bonds. The van der Waals surface area contributed by atoms with Gasteiger partial charge >= 0.3 is 0 Å². The predicted octanol–water partition coefficient (Wildman–Crippen LogP) is 1.55. The molecule has 0 atom stereocenters. The van der Waals surface area contributed by atoms with Crippen molar-refractivity contribution in [2.75, 3.05) is 0 Å². The summed E-state index contributed by atoms with van der Waals surface area (Å²) in [5.41, 5.74) is 8.63. The van der Waals surface area contributed by atoms with Crippen molar-refractivity contribution in [1.82, 2.24) is 9.13 Å². The molecule has 4 nitrogen and oxygen atoms in total. The van der Waals surface area contributed by atoms with Crippen molar-refractivity contribution in [1.29, 1.82) is 0 Å². The van der Waals surface area contributed by atoms with Gasteiger partial charge in [-0.15, -0.1) is 12.2 Å². The first-order valence-electron chi connectivity index (χ1n) is 8.67. The summed E-state index contributed by atoms with van der Waals surface area (Å²) in [6.07, 6.45) is -1.71. The van der Waals surface area contributed by atoms with Gasteiger partial charge in [-0.3, -0.25) is 0 Å². The van der Waals surface area contributed by atoms with Crippen LogP contribution < -0.4 is 10.2 Å². The first-order valence-corrected chi connectivity index (χ1v) is 8.67. The Hall–Kier alpha value is -1.52. The van der Waals surface area contributed by atoms with Crippen molar-refractivity contribution in [3.63, 3.8) is 0 Å². The second kappa shape index (κ2) is 5.50. The summed E-state index contributed by atoms with van der Waals surface area (Å²) < 4.78 is 4.20. The average Bonchev–Trinajstić information content (AvgIpc) is 2.85. The number of hydrogen-bond acceptors (Lipinski definition) is 2. The zero-order valence-corrected chi connectivity index (χ0v) is 16.0. The second-order valence-corrected chi connectivity index (χ2v) is 7.52. The minimum Gasteiger partial charge on any atom is -0.851 e. The molecule has 0 unspecified atom stereocenters. The fraction of sp³-hybridized carbons (Fsp3) is 0.600. The van der Waals surface area contributed by atoms with Gasteiger partial charge in [0.2, 0.25) is 0 Å². The third kappa shape index (κ3) is 1.99. The SMILES string of the molecule is Cc1c(C2C([O-])C(c3c(C)c(C)n(C)c3C)C2[O-])c(C)n(C)c1C. The highest BCUT2D eigenvalue weighted by atomic mass is 16.3. The lowest BCUT2D eigenvalue weighted by atomic mass is 9.62. The summed E-state index contributed by atoms with van der Waals surface area (Å²) in [6.45, 7) is 12.2. The van der Waals surface area contributed by atoms with E-state index in [9.17, 15) is 10.2 Å². The molecular formula is C20H28N2O2-2. The quantitative estimate of drug-likeness (QED) is 0.840. The van der Waals surface area contributed by atoms with Gasteiger partial charge in [0.05, 0.1) is 0 Å². The molecule has 1 fully saturated rings. The van der Waals surface area contributed by atoms with Crippen LogP contribution in [-0.4, -0.2) is 21.3 Å². The fourth-order valence-corrected chi connectivity index (χ4v) is 4.61. The highest BCUT2D eigenvalue weighted by Crippen LogP contribution is 2.49. The van der Waals surface area contributed by atoms with Crippen molar-refractivity contribution >= 4 is 0 Å². The zero-order valence-electron chi connectivity index (χ0n) is 16.0. The van der Waals surface area contributed by atoms with E-state index >= 15 is 0 Å². The lowest BCUT2D eigenvalue weighted by Crippen LogP contribution is -2.64. The highest BCUT2D eigenvalue weighted by molar-refractivity contribution is 5.48. The van der Waals surface area contributed by atoms with E-state index in [1.807, 2.05) is 41.8 Å². The van der Waals surface area contributed by atoms with Crippen molar-refractivity contribution in [2.45, 2.75) is 65.6 Å². The van der Waals surface area contributed by atoms with Crippen LogP contribution in [0.3, 0.4) is 0 Å². The lowest BCUT2D eigenvalue weighted by molar-refractivity contribution is -0.536. The van der Waals surface area contributed by atoms with Gasteiger partial charge in [0.15, 0.2) is 0 Å². The summed E-state index contributed by atoms with van der Waals surface area (Å²) in [5, 5.41) is 26.2. The number of hydrogen-bond donors (Lipinski definition) is 0. The Bertz CT molecular complexity index is 685. The van der Waals surface area contributed by atoms with Crippen LogP contribution in [0.25, 0.3) is 0 Å². The predicted molar refractivity (Wildman–Crippen MR) is 92.3 cm³/mol. The van der Waals surface area contributed by atoms with Crippen LogP contribution >= 0.6 is 0 Å². The minimum atomic E-state index is -0.856. The monoisotopic (exact) mass is 328 g/mol. The van der Waals surface area contributed by atoms with Crippen molar-refractivity contribution < 1.29 is 10.2 Å². The van der Waals surface area contributed by atoms with Crippen molar-refractivity contribution in [2.24, 2.45) is 14.1 Å². The Balaban J connectivity index is 2.03. The van der Waals surface area contributed by atoms with Crippen molar-refractivity contribution in [3.05, 3.63) is 45.0 Å². The van der Waals surface area contributed by atoms with E-state index in [1.165, 1.54) is 0 Å². The maximum Gasteiger partial charge on any atom is 0.0180 e. The molecule has 2 aromatic rings. The van der Waals surface area contributed by atoms with Gasteiger partial charge in [0, 0.05) is 36.9 Å². The van der Waals surface area contributed by atoms with Crippen LogP contribution in [0, 0.1) is 41.5 Å². The molecule has 1 aliphatic carbocycles. The molecule has 1 aliphatic rings. The van der Waals surface area contributed by atoms with Crippen LogP contribution in [0.2, 0.25) is 0 Å². The third-order valence-corrected chi connectivity index (χ3v) is 6.77. The summed E-state index contributed by atoms with van der Waals surface area (Å²) in [7, 11) is 4.01. The lowest BCUT2D eigenvalue weighted by Gasteiger charge is -2.62. The maximum atomic E-state index is 13.1. The molecule has 0 aromatic carbocycles. The Morgan fingerprint density at radius 3 is 1.08 bits per heavy atom. The van der Waals surface area contributed by atoms with Gasteiger partial charge in [-0.05, 0) is 75.6 Å². The molecule has 4 heteroatoms. The molecule has 2 aromatic heterocycles. The standard InChI is InChI=1S/C20H28N2O2/c1-9-11(3)21(7)13(5)15(9)17-19(23)18(20(17)24)16-10(2)12(4)22(8)14(16)6/h17-20H,1-8H3/q-2. The maximum absolute atomic E-state index is 13.1. The molecule has 3 rings (SSSR count). The Morgan fingerprint density at radius 2 is 0.875 bits per heavy atom. The van der Waals surface area contributed by atoms with Gasteiger partial charge in [-0.2, -0.15) is 0 Å². The molecule has 0 aliphatic heterocycles. The number of aromatic nitrogens is 2. The normalized spacial score (nSPS) is 26.8. The van der Waals surface area contributed by atoms with Crippen LogP contribution in [0.5, 0.6) is 0 Å². The smallest absolute Gasteiger partial charge is 0.0180 e. The second-order valence-electron chi connectivity index (χ2n) is 7.52. The zero-order chi connectivity index (χ0) is 18.1. The van der Waals surface area contributed by atoms with Gasteiger partial charge < -0.3 is 19.3 Å². The molecule has 0 saturated heterocycles. The van der Waals surface area contributed by atoms with E-state index in [2.05, 4.69) is 23.0 Å². The summed E-state index contributed by atoms with van der Waals surface area (Å²) in [4.78, 5) is 0. The molecule has 132 valence electrons. The number of rotatable bonds is 2. The largest absolute Gasteiger partial charge is 0.851 e. The summed E-state index contributed by atoms with van der Waals surface area (Å²) >= 11 is 0. The summed E-state index contributed by atoms with van der Waals surface area (Å²) in [6, 6.07) is 0. The molecule has 0 bridgehead atoms. The van der Waals surface area contributed by atoms with Gasteiger partial charge in [0.1, 0.15) is 0 Å². The summed E-state index contributed by atoms with van der Waals surface area (Å²) in [5.74, 6) is -0.844. The average molecular weight is 328 g/mol. The van der Waals surface area contributed by atoms with Crippen LogP contribution in [0.4, 0.5) is 0 Å². The van der Waals surface area contributed by atoms with Crippen molar-refractivity contribution in [3.8, 4) is 0 Å². The molecule has 0 spiro atoms. The van der Waals surface area contributed by atoms with Crippen LogP contribution in [-0.2, 0) is 14.1 Å². The molecular weight excluding hydrogens is 300 g/mol. The first-order chi connectivity index (χ1) is 11.1. The first kappa shape index (κ1) is 17.3. The number of nitrogens with zero attached hydrogens (tertiary/aromatic N) is 2. The minimum absolute atomic E-state index is 0.422. The fourth-order valence-electron chi connectivity index (χ4n) is 4.61. The van der Waals surface area contributed by atoms with E-state index in [4.69, 9.17) is 0 Å². The van der Waals surface area contributed by atoms with E-state index in [0.29, 0.717) is 0 Å². The van der Waals surface area contributed by atoms with E-state index in [1.54, 1.807) is 0 Å². The van der Waals surface area contributed by atoms with Gasteiger partial charge in [-0.25, -0.2) is 0 Å².